The smallest absolute Gasteiger partial charge is 0.289 e. The van der Waals surface area contributed by atoms with Gasteiger partial charge in [0.25, 0.3) is 11.8 Å². The summed E-state index contributed by atoms with van der Waals surface area (Å²) in [7, 11) is 0. The highest BCUT2D eigenvalue weighted by Crippen LogP contribution is 2.17. The van der Waals surface area contributed by atoms with Crippen LogP contribution >= 0.6 is 22.9 Å². The fraction of sp³-hybridized carbons (Fsp3) is 0.143. The molecule has 2 aromatic carbocycles. The second kappa shape index (κ2) is 9.95. The highest BCUT2D eigenvalue weighted by atomic mass is 35.5. The molecule has 0 aliphatic rings. The van der Waals surface area contributed by atoms with E-state index < -0.39 is 23.6 Å². The van der Waals surface area contributed by atoms with Crippen LogP contribution < -0.4 is 10.6 Å². The van der Waals surface area contributed by atoms with Crippen molar-refractivity contribution in [1.29, 1.82) is 0 Å². The van der Waals surface area contributed by atoms with Gasteiger partial charge in [-0.25, -0.2) is 4.98 Å². The molecule has 0 saturated carbocycles. The number of rotatable bonds is 8. The van der Waals surface area contributed by atoms with Crippen molar-refractivity contribution in [2.75, 3.05) is 0 Å². The van der Waals surface area contributed by atoms with E-state index in [-0.39, 0.29) is 13.0 Å². The summed E-state index contributed by atoms with van der Waals surface area (Å²) < 4.78 is 0.359. The predicted octanol–water partition coefficient (Wildman–Crippen LogP) is 3.02. The molecule has 1 heterocycles. The molecular formula is C21H18ClN3O3S. The molecule has 0 radical (unpaired) electrons. The number of nitrogens with one attached hydrogen (secondary N) is 2. The van der Waals surface area contributed by atoms with Gasteiger partial charge in [-0.05, 0) is 17.7 Å². The lowest BCUT2D eigenvalue weighted by molar-refractivity contribution is -0.139. The summed E-state index contributed by atoms with van der Waals surface area (Å²) in [5.74, 6) is -1.90. The van der Waals surface area contributed by atoms with E-state index in [1.807, 2.05) is 30.3 Å². The van der Waals surface area contributed by atoms with Crippen molar-refractivity contribution in [3.63, 3.8) is 0 Å². The fourth-order valence-corrected chi connectivity index (χ4v) is 3.59. The average Bonchev–Trinajstić information content (AvgIpc) is 3.17. The van der Waals surface area contributed by atoms with E-state index in [0.29, 0.717) is 10.0 Å². The first-order valence-electron chi connectivity index (χ1n) is 8.85. The summed E-state index contributed by atoms with van der Waals surface area (Å²) in [6.45, 7) is 0.139. The second-order valence-electron chi connectivity index (χ2n) is 6.21. The van der Waals surface area contributed by atoms with Gasteiger partial charge in [0, 0.05) is 23.1 Å². The van der Waals surface area contributed by atoms with Crippen LogP contribution in [0.25, 0.3) is 0 Å². The Labute approximate surface area is 176 Å². The van der Waals surface area contributed by atoms with Crippen LogP contribution in [0.15, 0.2) is 66.9 Å². The number of amides is 2. The van der Waals surface area contributed by atoms with Crippen LogP contribution in [0, 0.1) is 0 Å². The Balaban J connectivity index is 1.71. The molecule has 0 saturated heterocycles. The van der Waals surface area contributed by atoms with Gasteiger partial charge in [0.1, 0.15) is 6.04 Å². The number of benzene rings is 2. The number of halogens is 1. The van der Waals surface area contributed by atoms with Gasteiger partial charge in [0.2, 0.25) is 5.78 Å². The number of hydrogen-bond donors (Lipinski definition) is 2. The van der Waals surface area contributed by atoms with Crippen molar-refractivity contribution < 1.29 is 14.4 Å². The number of nitrogens with zero attached hydrogens (tertiary/aromatic N) is 1. The Bertz CT molecular complexity index is 993. The van der Waals surface area contributed by atoms with Crippen molar-refractivity contribution in [1.82, 2.24) is 15.6 Å². The molecule has 1 atom stereocenters. The second-order valence-corrected chi connectivity index (χ2v) is 7.91. The topological polar surface area (TPSA) is 88.2 Å². The van der Waals surface area contributed by atoms with Gasteiger partial charge < -0.3 is 10.6 Å². The van der Waals surface area contributed by atoms with E-state index >= 15 is 0 Å². The molecule has 0 unspecified atom stereocenters. The van der Waals surface area contributed by atoms with Crippen LogP contribution in [0.3, 0.4) is 0 Å². The van der Waals surface area contributed by atoms with Gasteiger partial charge in [0.05, 0.1) is 6.54 Å². The molecule has 3 rings (SSSR count). The summed E-state index contributed by atoms with van der Waals surface area (Å²) in [4.78, 5) is 42.3. The lowest BCUT2D eigenvalue weighted by atomic mass is 10.0. The maximum absolute atomic E-state index is 12.8. The van der Waals surface area contributed by atoms with Gasteiger partial charge in [-0.3, -0.25) is 14.4 Å². The Morgan fingerprint density at radius 3 is 2.28 bits per heavy atom. The van der Waals surface area contributed by atoms with Crippen molar-refractivity contribution >= 4 is 40.5 Å². The lowest BCUT2D eigenvalue weighted by Gasteiger charge is -2.17. The van der Waals surface area contributed by atoms with Crippen molar-refractivity contribution in [3.8, 4) is 0 Å². The van der Waals surface area contributed by atoms with Gasteiger partial charge in [-0.2, -0.15) is 0 Å². The quantitative estimate of drug-likeness (QED) is 0.541. The molecule has 1 aromatic heterocycles. The first kappa shape index (κ1) is 20.7. The van der Waals surface area contributed by atoms with Gasteiger partial charge >= 0.3 is 0 Å². The third-order valence-corrected chi connectivity index (χ3v) is 5.23. The molecule has 0 bridgehead atoms. The molecule has 29 heavy (non-hydrogen) atoms. The zero-order chi connectivity index (χ0) is 20.6. The van der Waals surface area contributed by atoms with E-state index in [9.17, 15) is 14.4 Å². The zero-order valence-electron chi connectivity index (χ0n) is 15.3. The number of Topliss-reactive ketones (excluding diaryl/α,β-unsaturated/α-hetero) is 1. The van der Waals surface area contributed by atoms with E-state index in [2.05, 4.69) is 15.6 Å². The molecule has 6 nitrogen and oxygen atoms in total. The van der Waals surface area contributed by atoms with Crippen LogP contribution in [-0.2, 0) is 22.6 Å². The number of aromatic nitrogens is 1. The Hall–Kier alpha value is -3.03. The molecule has 0 aliphatic carbocycles. The maximum atomic E-state index is 12.8. The monoisotopic (exact) mass is 427 g/mol. The molecule has 0 spiro atoms. The molecule has 2 N–H and O–H groups in total. The Morgan fingerprint density at radius 2 is 1.66 bits per heavy atom. The van der Waals surface area contributed by atoms with Crippen LogP contribution in [0.1, 0.15) is 20.8 Å². The number of ketones is 1. The first-order chi connectivity index (χ1) is 14.0. The van der Waals surface area contributed by atoms with Crippen LogP contribution in [-0.4, -0.2) is 28.6 Å². The van der Waals surface area contributed by atoms with E-state index in [4.69, 9.17) is 11.6 Å². The van der Waals surface area contributed by atoms with Crippen LogP contribution in [0.2, 0.25) is 4.47 Å². The summed E-state index contributed by atoms with van der Waals surface area (Å²) in [5, 5.41) is 5.25. The number of carbonyl (C=O) groups excluding carboxylic acids is 3. The largest absolute Gasteiger partial charge is 0.344 e. The molecular weight excluding hydrogens is 410 g/mol. The summed E-state index contributed by atoms with van der Waals surface area (Å²) >= 11 is 6.99. The summed E-state index contributed by atoms with van der Waals surface area (Å²) in [6.07, 6.45) is 1.74. The number of hydrogen-bond acceptors (Lipinski definition) is 5. The molecule has 148 valence electrons. The number of thiazole rings is 1. The van der Waals surface area contributed by atoms with E-state index in [0.717, 1.165) is 10.4 Å². The fourth-order valence-electron chi connectivity index (χ4n) is 2.67. The minimum atomic E-state index is -0.991. The van der Waals surface area contributed by atoms with Crippen molar-refractivity contribution in [2.45, 2.75) is 19.0 Å². The third kappa shape index (κ3) is 5.97. The maximum Gasteiger partial charge on any atom is 0.289 e. The summed E-state index contributed by atoms with van der Waals surface area (Å²) in [6, 6.07) is 16.8. The average molecular weight is 428 g/mol. The van der Waals surface area contributed by atoms with Crippen molar-refractivity contribution in [2.24, 2.45) is 0 Å². The van der Waals surface area contributed by atoms with Gasteiger partial charge in [0.15, 0.2) is 4.47 Å². The number of carbonyl (C=O) groups is 3. The molecule has 2 amide bonds. The SMILES string of the molecule is O=C(NCc1cnc(Cl)s1)C(=O)[C@@H](Cc1ccccc1)NC(=O)c1ccccc1. The van der Waals surface area contributed by atoms with Crippen LogP contribution in [0.4, 0.5) is 0 Å². The molecule has 0 aliphatic heterocycles. The third-order valence-electron chi connectivity index (χ3n) is 4.11. The highest BCUT2D eigenvalue weighted by molar-refractivity contribution is 7.15. The highest BCUT2D eigenvalue weighted by Gasteiger charge is 2.27. The molecule has 3 aromatic rings. The van der Waals surface area contributed by atoms with Crippen LogP contribution in [0.5, 0.6) is 0 Å². The van der Waals surface area contributed by atoms with E-state index in [1.165, 1.54) is 17.5 Å². The molecule has 8 heteroatoms. The minimum Gasteiger partial charge on any atom is -0.344 e. The predicted molar refractivity (Wildman–Crippen MR) is 112 cm³/mol. The minimum absolute atomic E-state index is 0.139. The molecule has 0 fully saturated rings. The lowest BCUT2D eigenvalue weighted by Crippen LogP contribution is -2.48. The normalized spacial score (nSPS) is 11.5. The van der Waals surface area contributed by atoms with Gasteiger partial charge in [-0.1, -0.05) is 60.1 Å². The first-order valence-corrected chi connectivity index (χ1v) is 10.0. The Kier molecular flexibility index (Phi) is 7.10. The van der Waals surface area contributed by atoms with E-state index in [1.54, 1.807) is 30.3 Å². The Morgan fingerprint density at radius 1 is 1.00 bits per heavy atom. The standard InChI is InChI=1S/C21H18ClN3O3S/c22-21-24-13-16(29-21)12-23-20(28)18(26)17(11-14-7-3-1-4-8-14)25-19(27)15-9-5-2-6-10-15/h1-10,13,17H,11-12H2,(H,23,28)(H,25,27)/t17-/m1/s1. The summed E-state index contributed by atoms with van der Waals surface area (Å²) in [5.41, 5.74) is 1.25. The van der Waals surface area contributed by atoms with Gasteiger partial charge in [-0.15, -0.1) is 11.3 Å². The zero-order valence-corrected chi connectivity index (χ0v) is 16.9. The van der Waals surface area contributed by atoms with Crippen molar-refractivity contribution in [3.05, 3.63) is 87.3 Å².